The van der Waals surface area contributed by atoms with Crippen LogP contribution in [-0.4, -0.2) is 32.2 Å². The lowest BCUT2D eigenvalue weighted by Gasteiger charge is -2.27. The summed E-state index contributed by atoms with van der Waals surface area (Å²) in [5.41, 5.74) is 0.0899. The third kappa shape index (κ3) is 2.28. The molecule has 2 unspecified atom stereocenters. The quantitative estimate of drug-likeness (QED) is 0.729. The molecule has 1 fully saturated rings. The molecule has 0 spiro atoms. The number of aliphatic hydroxyl groups excluding tert-OH is 1. The number of hydrogen-bond donors (Lipinski definition) is 3. The molecule has 1 aliphatic heterocycles. The number of nitrogens with one attached hydrogen (secondary N) is 2. The topological polar surface area (TPSA) is 104 Å². The van der Waals surface area contributed by atoms with Gasteiger partial charge in [-0.2, -0.15) is 0 Å². The Morgan fingerprint density at radius 2 is 2.00 bits per heavy atom. The van der Waals surface area contributed by atoms with Gasteiger partial charge in [-0.25, -0.2) is 4.79 Å². The van der Waals surface area contributed by atoms with E-state index in [9.17, 15) is 14.7 Å². The number of urea groups is 1. The molecule has 3 rings (SSSR count). The number of aliphatic hydroxyl groups is 1. The van der Waals surface area contributed by atoms with Gasteiger partial charge in [-0.3, -0.25) is 10.1 Å². The molecule has 1 aromatic carbocycles. The van der Waals surface area contributed by atoms with Crippen molar-refractivity contribution in [1.82, 2.24) is 20.2 Å². The Bertz CT molecular complexity index is 686. The number of aromatic nitrogens is 2. The number of benzene rings is 1. The molecule has 0 radical (unpaired) electrons. The third-order valence-electron chi connectivity index (χ3n) is 3.49. The van der Waals surface area contributed by atoms with Crippen LogP contribution in [0, 0.1) is 0 Å². The highest BCUT2D eigenvalue weighted by molar-refractivity contribution is 7.09. The first-order valence-electron chi connectivity index (χ1n) is 6.20. The van der Waals surface area contributed by atoms with E-state index in [1.807, 2.05) is 12.1 Å². The molecule has 1 saturated heterocycles. The van der Waals surface area contributed by atoms with E-state index < -0.39 is 23.6 Å². The lowest BCUT2D eigenvalue weighted by atomic mass is 9.89. The predicted octanol–water partition coefficient (Wildman–Crippen LogP) is 0.837. The lowest BCUT2D eigenvalue weighted by Crippen LogP contribution is -2.49. The summed E-state index contributed by atoms with van der Waals surface area (Å²) in [7, 11) is 0. The summed E-state index contributed by atoms with van der Waals surface area (Å²) in [6.45, 7) is 1.49. The van der Waals surface area contributed by atoms with Gasteiger partial charge in [0.25, 0.3) is 5.91 Å². The molecule has 21 heavy (non-hydrogen) atoms. The zero-order valence-corrected chi connectivity index (χ0v) is 11.8. The summed E-state index contributed by atoms with van der Waals surface area (Å²) in [6, 6.07) is 6.44. The van der Waals surface area contributed by atoms with Gasteiger partial charge in [0, 0.05) is 0 Å². The van der Waals surface area contributed by atoms with E-state index >= 15 is 0 Å². The second kappa shape index (κ2) is 4.90. The SMILES string of the molecule is CC1(C(O)c2ccc(-c3cnns3)cc2)NC(=O)NC1=O. The average Bonchev–Trinajstić information content (AvgIpc) is 3.08. The Hall–Kier alpha value is -2.32. The van der Waals surface area contributed by atoms with Crippen molar-refractivity contribution in [2.45, 2.75) is 18.6 Å². The summed E-state index contributed by atoms with van der Waals surface area (Å²) >= 11 is 1.27. The number of imide groups is 1. The maximum absolute atomic E-state index is 11.8. The van der Waals surface area contributed by atoms with Gasteiger partial charge in [0.2, 0.25) is 0 Å². The summed E-state index contributed by atoms with van der Waals surface area (Å²) in [5, 5.41) is 18.7. The first-order valence-corrected chi connectivity index (χ1v) is 6.97. The largest absolute Gasteiger partial charge is 0.385 e. The number of carbonyl (C=O) groups is 2. The lowest BCUT2D eigenvalue weighted by molar-refractivity contribution is -0.127. The summed E-state index contributed by atoms with van der Waals surface area (Å²) in [6.07, 6.45) is 0.514. The monoisotopic (exact) mass is 304 g/mol. The van der Waals surface area contributed by atoms with Gasteiger partial charge in [-0.15, -0.1) is 5.10 Å². The van der Waals surface area contributed by atoms with Crippen molar-refractivity contribution in [1.29, 1.82) is 0 Å². The molecule has 0 bridgehead atoms. The molecule has 0 aliphatic carbocycles. The van der Waals surface area contributed by atoms with Gasteiger partial charge < -0.3 is 10.4 Å². The summed E-state index contributed by atoms with van der Waals surface area (Å²) < 4.78 is 3.79. The van der Waals surface area contributed by atoms with Crippen LogP contribution in [0.3, 0.4) is 0 Å². The van der Waals surface area contributed by atoms with Gasteiger partial charge in [-0.1, -0.05) is 28.8 Å². The van der Waals surface area contributed by atoms with Crippen LogP contribution in [0.5, 0.6) is 0 Å². The Morgan fingerprint density at radius 1 is 1.29 bits per heavy atom. The molecule has 3 amide bonds. The molecule has 7 nitrogen and oxygen atoms in total. The van der Waals surface area contributed by atoms with E-state index in [0.717, 1.165) is 10.4 Å². The van der Waals surface area contributed by atoms with E-state index in [0.29, 0.717) is 5.56 Å². The fourth-order valence-electron chi connectivity index (χ4n) is 2.21. The van der Waals surface area contributed by atoms with Gasteiger partial charge in [-0.05, 0) is 29.6 Å². The second-order valence-electron chi connectivity index (χ2n) is 4.92. The van der Waals surface area contributed by atoms with Crippen LogP contribution in [0.25, 0.3) is 10.4 Å². The van der Waals surface area contributed by atoms with Crippen molar-refractivity contribution < 1.29 is 14.7 Å². The van der Waals surface area contributed by atoms with Gasteiger partial charge in [0.1, 0.15) is 11.6 Å². The minimum absolute atomic E-state index is 0.538. The minimum Gasteiger partial charge on any atom is -0.385 e. The van der Waals surface area contributed by atoms with Crippen molar-refractivity contribution >= 4 is 23.5 Å². The third-order valence-corrected chi connectivity index (χ3v) is 4.20. The highest BCUT2D eigenvalue weighted by Crippen LogP contribution is 2.30. The normalized spacial score (nSPS) is 22.8. The number of amides is 3. The molecule has 8 heteroatoms. The molecule has 2 aromatic rings. The molecule has 2 heterocycles. The van der Waals surface area contributed by atoms with Crippen LogP contribution >= 0.6 is 11.5 Å². The first-order chi connectivity index (χ1) is 10.0. The van der Waals surface area contributed by atoms with Crippen molar-refractivity contribution in [2.24, 2.45) is 0 Å². The zero-order valence-electron chi connectivity index (χ0n) is 11.0. The minimum atomic E-state index is -1.37. The average molecular weight is 304 g/mol. The van der Waals surface area contributed by atoms with Crippen molar-refractivity contribution in [3.8, 4) is 10.4 Å². The fourth-order valence-corrected chi connectivity index (χ4v) is 2.72. The Labute approximate surface area is 124 Å². The second-order valence-corrected chi connectivity index (χ2v) is 5.70. The van der Waals surface area contributed by atoms with E-state index in [1.54, 1.807) is 18.3 Å². The van der Waals surface area contributed by atoms with E-state index in [4.69, 9.17) is 0 Å². The predicted molar refractivity (Wildman–Crippen MR) is 75.4 cm³/mol. The highest BCUT2D eigenvalue weighted by atomic mass is 32.1. The molecule has 3 N–H and O–H groups in total. The number of hydrogen-bond acceptors (Lipinski definition) is 6. The number of carbonyl (C=O) groups excluding carboxylic acids is 2. The Morgan fingerprint density at radius 3 is 2.52 bits per heavy atom. The van der Waals surface area contributed by atoms with Crippen molar-refractivity contribution in [3.63, 3.8) is 0 Å². The van der Waals surface area contributed by atoms with Crippen LogP contribution in [0.15, 0.2) is 30.5 Å². The van der Waals surface area contributed by atoms with E-state index in [-0.39, 0.29) is 0 Å². The van der Waals surface area contributed by atoms with Crippen molar-refractivity contribution in [2.75, 3.05) is 0 Å². The van der Waals surface area contributed by atoms with Crippen LogP contribution in [0.4, 0.5) is 4.79 Å². The van der Waals surface area contributed by atoms with Gasteiger partial charge >= 0.3 is 6.03 Å². The molecule has 1 aliphatic rings. The number of rotatable bonds is 3. The summed E-state index contributed by atoms with van der Waals surface area (Å²) in [4.78, 5) is 24.0. The maximum atomic E-state index is 11.8. The highest BCUT2D eigenvalue weighted by Gasteiger charge is 2.48. The first kappa shape index (κ1) is 13.7. The van der Waals surface area contributed by atoms with Crippen LogP contribution in [0.2, 0.25) is 0 Å². The van der Waals surface area contributed by atoms with E-state index in [2.05, 4.69) is 20.2 Å². The Balaban J connectivity index is 1.87. The molecular formula is C13H12N4O3S. The molecular weight excluding hydrogens is 292 g/mol. The zero-order chi connectivity index (χ0) is 15.0. The standard InChI is InChI=1S/C13H12N4O3S/c1-13(11(19)15-12(20)16-13)10(18)8-4-2-7(3-5-8)9-6-14-17-21-9/h2-6,10,18H,1H3,(H2,15,16,19,20). The number of nitrogens with zero attached hydrogens (tertiary/aromatic N) is 2. The maximum Gasteiger partial charge on any atom is 0.322 e. The van der Waals surface area contributed by atoms with E-state index in [1.165, 1.54) is 18.5 Å². The Kier molecular flexibility index (Phi) is 3.19. The fraction of sp³-hybridized carbons (Fsp3) is 0.231. The molecule has 1 aromatic heterocycles. The van der Waals surface area contributed by atoms with Crippen LogP contribution in [0.1, 0.15) is 18.6 Å². The van der Waals surface area contributed by atoms with Crippen LogP contribution < -0.4 is 10.6 Å². The van der Waals surface area contributed by atoms with Crippen LogP contribution in [-0.2, 0) is 4.79 Å². The van der Waals surface area contributed by atoms with Crippen molar-refractivity contribution in [3.05, 3.63) is 36.0 Å². The molecule has 0 saturated carbocycles. The van der Waals surface area contributed by atoms with Gasteiger partial charge in [0.05, 0.1) is 11.1 Å². The smallest absolute Gasteiger partial charge is 0.322 e. The van der Waals surface area contributed by atoms with Gasteiger partial charge in [0.15, 0.2) is 0 Å². The summed E-state index contributed by atoms with van der Waals surface area (Å²) in [5.74, 6) is -0.546. The molecule has 108 valence electrons. The molecule has 2 atom stereocenters.